The van der Waals surface area contributed by atoms with Gasteiger partial charge in [0.05, 0.1) is 7.11 Å². The highest BCUT2D eigenvalue weighted by Crippen LogP contribution is 2.28. The van der Waals surface area contributed by atoms with E-state index in [0.29, 0.717) is 16.8 Å². The number of ether oxygens (including phenoxy) is 1. The van der Waals surface area contributed by atoms with Gasteiger partial charge >= 0.3 is 0 Å². The lowest BCUT2D eigenvalue weighted by atomic mass is 10.1. The van der Waals surface area contributed by atoms with Gasteiger partial charge < -0.3 is 9.15 Å². The van der Waals surface area contributed by atoms with E-state index in [1.54, 1.807) is 18.2 Å². The number of carbonyl (C=O) groups is 2. The zero-order valence-corrected chi connectivity index (χ0v) is 11.8. The van der Waals surface area contributed by atoms with E-state index in [-0.39, 0.29) is 12.3 Å². The Morgan fingerprint density at radius 3 is 2.74 bits per heavy atom. The standard InChI is InChI=1S/C12H11NO4S2/c1-16-6-2-3-8-9(4-6)17-11(13-8)7(12(15)19)5-10(14)18/h2-4,7H,5H2,1H3,(H,14,18)(H,15,19). The highest BCUT2D eigenvalue weighted by molar-refractivity contribution is 7.97. The molecule has 1 aromatic heterocycles. The fourth-order valence-corrected chi connectivity index (χ4v) is 2.04. The van der Waals surface area contributed by atoms with Crippen LogP contribution in [0.5, 0.6) is 5.75 Å². The molecule has 1 atom stereocenters. The number of oxazole rings is 1. The molecule has 0 bridgehead atoms. The van der Waals surface area contributed by atoms with Crippen molar-refractivity contribution in [3.05, 3.63) is 24.1 Å². The minimum Gasteiger partial charge on any atom is -0.497 e. The molecule has 0 spiro atoms. The van der Waals surface area contributed by atoms with Crippen molar-refractivity contribution >= 4 is 46.6 Å². The molecule has 5 nitrogen and oxygen atoms in total. The fraction of sp³-hybridized carbons (Fsp3) is 0.250. The molecule has 0 aliphatic heterocycles. The largest absolute Gasteiger partial charge is 0.497 e. The van der Waals surface area contributed by atoms with Crippen LogP contribution in [-0.4, -0.2) is 22.3 Å². The summed E-state index contributed by atoms with van der Waals surface area (Å²) in [6.07, 6.45) is -0.102. The number of hydrogen-bond acceptors (Lipinski definition) is 5. The maximum Gasteiger partial charge on any atom is 0.207 e. The zero-order chi connectivity index (χ0) is 14.0. The lowest BCUT2D eigenvalue weighted by Crippen LogP contribution is -2.10. The first-order valence-electron chi connectivity index (χ1n) is 5.40. The molecular weight excluding hydrogens is 286 g/mol. The van der Waals surface area contributed by atoms with Crippen LogP contribution in [-0.2, 0) is 9.59 Å². The monoisotopic (exact) mass is 297 g/mol. The lowest BCUT2D eigenvalue weighted by Gasteiger charge is -2.05. The van der Waals surface area contributed by atoms with E-state index in [4.69, 9.17) is 9.15 Å². The van der Waals surface area contributed by atoms with Gasteiger partial charge in [-0.15, -0.1) is 25.3 Å². The van der Waals surface area contributed by atoms with E-state index in [1.165, 1.54) is 7.11 Å². The molecule has 100 valence electrons. The van der Waals surface area contributed by atoms with Gasteiger partial charge in [0.1, 0.15) is 17.2 Å². The molecule has 0 saturated heterocycles. The summed E-state index contributed by atoms with van der Waals surface area (Å²) in [6, 6.07) is 5.11. The number of nitrogens with zero attached hydrogens (tertiary/aromatic N) is 1. The van der Waals surface area contributed by atoms with E-state index in [2.05, 4.69) is 30.2 Å². The number of methoxy groups -OCH3 is 1. The first kappa shape index (κ1) is 14.0. The fourth-order valence-electron chi connectivity index (χ4n) is 1.65. The summed E-state index contributed by atoms with van der Waals surface area (Å²) >= 11 is 7.41. The molecule has 1 unspecified atom stereocenters. The molecule has 0 saturated carbocycles. The maximum absolute atomic E-state index is 11.4. The molecule has 2 aromatic rings. The quantitative estimate of drug-likeness (QED) is 0.828. The van der Waals surface area contributed by atoms with E-state index in [1.807, 2.05) is 0 Å². The molecule has 0 N–H and O–H groups in total. The van der Waals surface area contributed by atoms with E-state index in [0.717, 1.165) is 0 Å². The number of carbonyl (C=O) groups excluding carboxylic acids is 2. The summed E-state index contributed by atoms with van der Waals surface area (Å²) in [5.41, 5.74) is 1.07. The highest BCUT2D eigenvalue weighted by atomic mass is 32.1. The summed E-state index contributed by atoms with van der Waals surface area (Å²) in [7, 11) is 1.54. The van der Waals surface area contributed by atoms with Crippen molar-refractivity contribution in [1.82, 2.24) is 4.98 Å². The van der Waals surface area contributed by atoms with Gasteiger partial charge in [0.25, 0.3) is 0 Å². The van der Waals surface area contributed by atoms with Crippen LogP contribution >= 0.6 is 25.3 Å². The Hall–Kier alpha value is -1.47. The van der Waals surface area contributed by atoms with Crippen molar-refractivity contribution in [3.63, 3.8) is 0 Å². The van der Waals surface area contributed by atoms with Crippen LogP contribution in [0.15, 0.2) is 22.6 Å². The van der Waals surface area contributed by atoms with Crippen LogP contribution in [0, 0.1) is 0 Å². The Labute approximate surface area is 120 Å². The van der Waals surface area contributed by atoms with Crippen molar-refractivity contribution in [1.29, 1.82) is 0 Å². The van der Waals surface area contributed by atoms with Gasteiger partial charge in [0.15, 0.2) is 15.8 Å². The summed E-state index contributed by atoms with van der Waals surface area (Å²) in [5.74, 6) is -0.0494. The third kappa shape index (κ3) is 3.10. The van der Waals surface area contributed by atoms with Gasteiger partial charge in [-0.05, 0) is 12.1 Å². The summed E-state index contributed by atoms with van der Waals surface area (Å²) in [4.78, 5) is 26.7. The van der Waals surface area contributed by atoms with E-state index < -0.39 is 16.1 Å². The first-order chi connectivity index (χ1) is 9.01. The highest BCUT2D eigenvalue weighted by Gasteiger charge is 2.25. The number of hydrogen-bond donors (Lipinski definition) is 2. The Morgan fingerprint density at radius 1 is 1.42 bits per heavy atom. The van der Waals surface area contributed by atoms with Crippen molar-refractivity contribution in [3.8, 4) is 5.75 Å². The van der Waals surface area contributed by atoms with Gasteiger partial charge in [-0.2, -0.15) is 0 Å². The second kappa shape index (κ2) is 5.66. The normalized spacial score (nSPS) is 12.4. The van der Waals surface area contributed by atoms with Crippen molar-refractivity contribution in [2.75, 3.05) is 7.11 Å². The maximum atomic E-state index is 11.4. The van der Waals surface area contributed by atoms with Crippen molar-refractivity contribution in [2.45, 2.75) is 12.3 Å². The van der Waals surface area contributed by atoms with E-state index in [9.17, 15) is 9.59 Å². The third-order valence-electron chi connectivity index (χ3n) is 2.59. The summed E-state index contributed by atoms with van der Waals surface area (Å²) < 4.78 is 10.6. The van der Waals surface area contributed by atoms with Crippen LogP contribution in [0.2, 0.25) is 0 Å². The predicted molar refractivity (Wildman–Crippen MR) is 75.9 cm³/mol. The smallest absolute Gasteiger partial charge is 0.207 e. The Bertz CT molecular complexity index is 638. The first-order valence-corrected chi connectivity index (χ1v) is 6.29. The molecule has 0 fully saturated rings. The molecule has 1 aromatic carbocycles. The van der Waals surface area contributed by atoms with Gasteiger partial charge in [0, 0.05) is 12.5 Å². The molecular formula is C12H11NO4S2. The van der Waals surface area contributed by atoms with Crippen LogP contribution in [0.4, 0.5) is 0 Å². The minimum absolute atomic E-state index is 0.102. The Morgan fingerprint density at radius 2 is 2.16 bits per heavy atom. The molecule has 1 heterocycles. The second-order valence-corrected chi connectivity index (χ2v) is 4.81. The second-order valence-electron chi connectivity index (χ2n) is 3.87. The lowest BCUT2D eigenvalue weighted by molar-refractivity contribution is -0.117. The number of thiol groups is 2. The predicted octanol–water partition coefficient (Wildman–Crippen LogP) is 2.22. The van der Waals surface area contributed by atoms with Crippen LogP contribution in [0.3, 0.4) is 0 Å². The average molecular weight is 297 g/mol. The summed E-state index contributed by atoms with van der Waals surface area (Å²) in [6.45, 7) is 0. The van der Waals surface area contributed by atoms with Crippen molar-refractivity contribution < 1.29 is 18.7 Å². The zero-order valence-electron chi connectivity index (χ0n) is 9.99. The van der Waals surface area contributed by atoms with Gasteiger partial charge in [-0.1, -0.05) is 0 Å². The third-order valence-corrected chi connectivity index (χ3v) is 3.08. The number of fused-ring (bicyclic) bond motifs is 1. The van der Waals surface area contributed by atoms with Gasteiger partial charge in [-0.3, -0.25) is 9.59 Å². The molecule has 19 heavy (non-hydrogen) atoms. The van der Waals surface area contributed by atoms with Crippen molar-refractivity contribution in [2.24, 2.45) is 0 Å². The molecule has 0 radical (unpaired) electrons. The topological polar surface area (TPSA) is 69.4 Å². The Balaban J connectivity index is 2.42. The minimum atomic E-state index is -0.827. The summed E-state index contributed by atoms with van der Waals surface area (Å²) in [5, 5.41) is -0.909. The number of aromatic nitrogens is 1. The SMILES string of the molecule is COc1ccc2nc(C(CC(=O)S)C(=O)S)oc2c1. The van der Waals surface area contributed by atoms with E-state index >= 15 is 0 Å². The number of benzene rings is 1. The molecule has 0 aliphatic rings. The molecule has 0 aliphatic carbocycles. The Kier molecular flexibility index (Phi) is 4.16. The average Bonchev–Trinajstić information content (AvgIpc) is 2.77. The van der Waals surface area contributed by atoms with Crippen LogP contribution in [0.1, 0.15) is 18.2 Å². The van der Waals surface area contributed by atoms with Crippen LogP contribution in [0.25, 0.3) is 11.1 Å². The molecule has 0 amide bonds. The molecule has 2 rings (SSSR count). The van der Waals surface area contributed by atoms with Gasteiger partial charge in [-0.25, -0.2) is 4.98 Å². The number of rotatable bonds is 5. The van der Waals surface area contributed by atoms with Gasteiger partial charge in [0.2, 0.25) is 5.89 Å². The molecule has 7 heteroatoms. The van der Waals surface area contributed by atoms with Crippen LogP contribution < -0.4 is 4.74 Å².